The van der Waals surface area contributed by atoms with E-state index in [2.05, 4.69) is 10.3 Å². The maximum atomic E-state index is 12.3. The molecule has 0 radical (unpaired) electrons. The first-order chi connectivity index (χ1) is 11.1. The Morgan fingerprint density at radius 2 is 2.30 bits per heavy atom. The largest absolute Gasteiger partial charge is 0.381 e. The number of carbonyl (C=O) groups is 1. The van der Waals surface area contributed by atoms with Crippen molar-refractivity contribution in [2.24, 2.45) is 13.0 Å². The lowest BCUT2D eigenvalue weighted by atomic mass is 10.2. The number of carbonyl (C=O) groups excluding carboxylic acids is 1. The van der Waals surface area contributed by atoms with E-state index < -0.39 is 0 Å². The Balaban J connectivity index is 1.58. The topological polar surface area (TPSA) is 73.2 Å². The summed E-state index contributed by atoms with van der Waals surface area (Å²) in [6.45, 7) is 3.89. The molecule has 2 aromatic rings. The van der Waals surface area contributed by atoms with E-state index in [-0.39, 0.29) is 11.5 Å². The van der Waals surface area contributed by atoms with Gasteiger partial charge in [-0.1, -0.05) is 0 Å². The fourth-order valence-corrected chi connectivity index (χ4v) is 3.47. The minimum absolute atomic E-state index is 0.115. The second-order valence-corrected chi connectivity index (χ2v) is 7.02. The summed E-state index contributed by atoms with van der Waals surface area (Å²) in [7, 11) is 1.66. The van der Waals surface area contributed by atoms with Gasteiger partial charge >= 0.3 is 0 Å². The first-order valence-electron chi connectivity index (χ1n) is 7.88. The quantitative estimate of drug-likeness (QED) is 0.784. The van der Waals surface area contributed by atoms with Crippen molar-refractivity contribution in [1.29, 1.82) is 0 Å². The van der Waals surface area contributed by atoms with Crippen molar-refractivity contribution >= 4 is 27.5 Å². The lowest BCUT2D eigenvalue weighted by Gasteiger charge is -2.05. The van der Waals surface area contributed by atoms with E-state index in [0.717, 1.165) is 18.9 Å². The number of amides is 1. The molecular formula is C16H21N3O3S. The van der Waals surface area contributed by atoms with E-state index in [9.17, 15) is 9.59 Å². The highest BCUT2D eigenvalue weighted by atomic mass is 32.1. The van der Waals surface area contributed by atoms with E-state index in [0.29, 0.717) is 33.8 Å². The molecule has 0 atom stereocenters. The molecular weight excluding hydrogens is 314 g/mol. The van der Waals surface area contributed by atoms with Crippen molar-refractivity contribution in [2.75, 3.05) is 19.8 Å². The SMILES string of the molecule is Cc1c(C(=O)NCCCOCC2CC2)sc2ncn(C)c(=O)c12. The summed E-state index contributed by atoms with van der Waals surface area (Å²) >= 11 is 1.27. The molecule has 1 amide bonds. The highest BCUT2D eigenvalue weighted by molar-refractivity contribution is 7.20. The van der Waals surface area contributed by atoms with Crippen LogP contribution < -0.4 is 10.9 Å². The summed E-state index contributed by atoms with van der Waals surface area (Å²) in [5, 5.41) is 3.43. The van der Waals surface area contributed by atoms with Crippen LogP contribution in [0.5, 0.6) is 0 Å². The maximum absolute atomic E-state index is 12.3. The lowest BCUT2D eigenvalue weighted by molar-refractivity contribution is 0.0941. The van der Waals surface area contributed by atoms with Crippen LogP contribution in [-0.4, -0.2) is 35.2 Å². The van der Waals surface area contributed by atoms with Crippen LogP contribution in [0.25, 0.3) is 10.2 Å². The number of nitrogens with one attached hydrogen (secondary N) is 1. The number of ether oxygens (including phenoxy) is 1. The van der Waals surface area contributed by atoms with Gasteiger partial charge in [0.2, 0.25) is 0 Å². The molecule has 1 aliphatic rings. The average molecular weight is 335 g/mol. The molecule has 1 fully saturated rings. The Morgan fingerprint density at radius 1 is 1.52 bits per heavy atom. The van der Waals surface area contributed by atoms with Crippen LogP contribution in [0, 0.1) is 12.8 Å². The number of hydrogen-bond donors (Lipinski definition) is 1. The van der Waals surface area contributed by atoms with Crippen LogP contribution in [0.2, 0.25) is 0 Å². The third kappa shape index (κ3) is 3.61. The van der Waals surface area contributed by atoms with Gasteiger partial charge in [0.05, 0.1) is 16.6 Å². The van der Waals surface area contributed by atoms with Crippen molar-refractivity contribution in [3.8, 4) is 0 Å². The van der Waals surface area contributed by atoms with Crippen molar-refractivity contribution in [3.63, 3.8) is 0 Å². The Hall–Kier alpha value is -1.73. The number of aromatic nitrogens is 2. The van der Waals surface area contributed by atoms with E-state index in [1.54, 1.807) is 14.0 Å². The van der Waals surface area contributed by atoms with Crippen molar-refractivity contribution in [2.45, 2.75) is 26.2 Å². The summed E-state index contributed by atoms with van der Waals surface area (Å²) in [5.41, 5.74) is 0.595. The summed E-state index contributed by atoms with van der Waals surface area (Å²) in [6, 6.07) is 0. The molecule has 23 heavy (non-hydrogen) atoms. The van der Waals surface area contributed by atoms with Crippen LogP contribution in [-0.2, 0) is 11.8 Å². The number of nitrogens with zero attached hydrogens (tertiary/aromatic N) is 2. The number of fused-ring (bicyclic) bond motifs is 1. The van der Waals surface area contributed by atoms with Gasteiger partial charge in [-0.15, -0.1) is 11.3 Å². The molecule has 2 heterocycles. The minimum atomic E-state index is -0.144. The van der Waals surface area contributed by atoms with Gasteiger partial charge in [-0.3, -0.25) is 9.59 Å². The van der Waals surface area contributed by atoms with Gasteiger partial charge in [-0.2, -0.15) is 0 Å². The normalized spacial score (nSPS) is 14.3. The molecule has 0 aliphatic heterocycles. The first-order valence-corrected chi connectivity index (χ1v) is 8.70. The molecule has 0 bridgehead atoms. The zero-order valence-electron chi connectivity index (χ0n) is 13.4. The Bertz CT molecular complexity index is 777. The van der Waals surface area contributed by atoms with Gasteiger partial charge in [0, 0.05) is 26.8 Å². The molecule has 0 saturated heterocycles. The zero-order valence-corrected chi connectivity index (χ0v) is 14.2. The molecule has 124 valence electrons. The molecule has 0 unspecified atom stereocenters. The third-order valence-electron chi connectivity index (χ3n) is 4.02. The van der Waals surface area contributed by atoms with E-state index in [1.807, 2.05) is 0 Å². The van der Waals surface area contributed by atoms with Crippen LogP contribution in [0.4, 0.5) is 0 Å². The summed E-state index contributed by atoms with van der Waals surface area (Å²) in [6.07, 6.45) is 4.85. The number of rotatable bonds is 7. The third-order valence-corrected chi connectivity index (χ3v) is 5.22. The molecule has 0 spiro atoms. The molecule has 2 aromatic heterocycles. The van der Waals surface area contributed by atoms with Crippen molar-refractivity contribution in [3.05, 3.63) is 27.1 Å². The standard InChI is InChI=1S/C16H21N3O3S/c1-10-12-15(18-9-19(2)16(12)21)23-13(10)14(20)17-6-3-7-22-8-11-4-5-11/h9,11H,3-8H2,1-2H3,(H,17,20). The predicted octanol–water partition coefficient (Wildman–Crippen LogP) is 1.85. The van der Waals surface area contributed by atoms with Gasteiger partial charge < -0.3 is 14.6 Å². The predicted molar refractivity (Wildman–Crippen MR) is 90.1 cm³/mol. The highest BCUT2D eigenvalue weighted by Gasteiger charge is 2.21. The van der Waals surface area contributed by atoms with Gasteiger partial charge in [-0.05, 0) is 37.7 Å². The van der Waals surface area contributed by atoms with Crippen LogP contribution in [0.3, 0.4) is 0 Å². The second-order valence-electron chi connectivity index (χ2n) is 6.02. The van der Waals surface area contributed by atoms with E-state index >= 15 is 0 Å². The maximum Gasteiger partial charge on any atom is 0.262 e. The molecule has 1 aliphatic carbocycles. The Morgan fingerprint density at radius 3 is 3.04 bits per heavy atom. The molecule has 1 N–H and O–H groups in total. The van der Waals surface area contributed by atoms with Gasteiger partial charge in [0.15, 0.2) is 0 Å². The summed E-state index contributed by atoms with van der Waals surface area (Å²) in [4.78, 5) is 29.9. The Kier molecular flexibility index (Phi) is 4.77. The van der Waals surface area contributed by atoms with Crippen LogP contribution in [0.1, 0.15) is 34.5 Å². The van der Waals surface area contributed by atoms with Gasteiger partial charge in [0.25, 0.3) is 11.5 Å². The lowest BCUT2D eigenvalue weighted by Crippen LogP contribution is -2.25. The fourth-order valence-electron chi connectivity index (χ4n) is 2.42. The highest BCUT2D eigenvalue weighted by Crippen LogP contribution is 2.28. The molecule has 6 nitrogen and oxygen atoms in total. The number of aryl methyl sites for hydroxylation is 2. The average Bonchev–Trinajstić information content (AvgIpc) is 3.29. The van der Waals surface area contributed by atoms with E-state index in [4.69, 9.17) is 4.74 Å². The van der Waals surface area contributed by atoms with Crippen LogP contribution in [0.15, 0.2) is 11.1 Å². The van der Waals surface area contributed by atoms with E-state index in [1.165, 1.54) is 35.1 Å². The van der Waals surface area contributed by atoms with Crippen molar-refractivity contribution < 1.29 is 9.53 Å². The summed E-state index contributed by atoms with van der Waals surface area (Å²) < 4.78 is 6.97. The molecule has 7 heteroatoms. The van der Waals surface area contributed by atoms with Crippen LogP contribution >= 0.6 is 11.3 Å². The number of hydrogen-bond acceptors (Lipinski definition) is 5. The fraction of sp³-hybridized carbons (Fsp3) is 0.562. The zero-order chi connectivity index (χ0) is 16.4. The first kappa shape index (κ1) is 16.1. The van der Waals surface area contributed by atoms with Crippen molar-refractivity contribution in [1.82, 2.24) is 14.9 Å². The molecule has 0 aromatic carbocycles. The smallest absolute Gasteiger partial charge is 0.262 e. The monoisotopic (exact) mass is 335 g/mol. The minimum Gasteiger partial charge on any atom is -0.381 e. The summed E-state index contributed by atoms with van der Waals surface area (Å²) in [5.74, 6) is 0.621. The molecule has 3 rings (SSSR count). The van der Waals surface area contributed by atoms with Gasteiger partial charge in [0.1, 0.15) is 4.83 Å². The Labute approximate surface area is 138 Å². The van der Waals surface area contributed by atoms with Gasteiger partial charge in [-0.25, -0.2) is 4.98 Å². The second kappa shape index (κ2) is 6.80. The molecule has 1 saturated carbocycles. The number of thiophene rings is 1.